The van der Waals surface area contributed by atoms with Crippen LogP contribution in [-0.2, 0) is 9.59 Å². The Morgan fingerprint density at radius 3 is 1.43 bits per heavy atom. The van der Waals surface area contributed by atoms with E-state index >= 15 is 0 Å². The maximum atomic E-state index is 12.3. The molecule has 0 heterocycles. The molecular weight excluding hydrogens is 519 g/mol. The van der Waals surface area contributed by atoms with Crippen LogP contribution < -0.4 is 55.2 Å². The van der Waals surface area contributed by atoms with Gasteiger partial charge in [0, 0.05) is 0 Å². The third-order valence-corrected chi connectivity index (χ3v) is 5.02. The average molecular weight is 555 g/mol. The SMILES string of the molecule is COc1cc(/C=C/C(=O)CC(=O)/C=C/c2cc(C)c(OCC[NH3+])c(OC)c2)cc(C)c1OCC[NH3+].[Cl-].[Cl-]. The summed E-state index contributed by atoms with van der Waals surface area (Å²) in [5, 5.41) is 0. The third-order valence-electron chi connectivity index (χ3n) is 5.02. The number of halogens is 2. The normalized spacial score (nSPS) is 10.5. The Morgan fingerprint density at radius 2 is 1.11 bits per heavy atom. The van der Waals surface area contributed by atoms with E-state index in [-0.39, 0.29) is 42.8 Å². The summed E-state index contributed by atoms with van der Waals surface area (Å²) in [6.07, 6.45) is 5.91. The van der Waals surface area contributed by atoms with Crippen molar-refractivity contribution in [2.24, 2.45) is 0 Å². The van der Waals surface area contributed by atoms with Crippen LogP contribution >= 0.6 is 0 Å². The number of hydrogen-bond donors (Lipinski definition) is 2. The number of benzene rings is 2. The predicted octanol–water partition coefficient (Wildman–Crippen LogP) is -4.18. The monoisotopic (exact) mass is 554 g/mol. The van der Waals surface area contributed by atoms with Gasteiger partial charge in [0.15, 0.2) is 34.6 Å². The van der Waals surface area contributed by atoms with E-state index in [2.05, 4.69) is 11.5 Å². The van der Waals surface area contributed by atoms with Crippen molar-refractivity contribution in [2.45, 2.75) is 20.3 Å². The summed E-state index contributed by atoms with van der Waals surface area (Å²) in [6, 6.07) is 7.37. The highest BCUT2D eigenvalue weighted by molar-refractivity contribution is 6.10. The Morgan fingerprint density at radius 1 is 0.730 bits per heavy atom. The van der Waals surface area contributed by atoms with Crippen LogP contribution in [0.1, 0.15) is 28.7 Å². The molecule has 10 heteroatoms. The minimum Gasteiger partial charge on any atom is -1.00 e. The summed E-state index contributed by atoms with van der Waals surface area (Å²) >= 11 is 0. The van der Waals surface area contributed by atoms with Crippen molar-refractivity contribution < 1.29 is 64.8 Å². The molecule has 6 N–H and O–H groups in total. The zero-order valence-electron chi connectivity index (χ0n) is 21.8. The van der Waals surface area contributed by atoms with E-state index in [9.17, 15) is 9.59 Å². The predicted molar refractivity (Wildman–Crippen MR) is 135 cm³/mol. The van der Waals surface area contributed by atoms with Gasteiger partial charge in [-0.05, 0) is 72.5 Å². The van der Waals surface area contributed by atoms with Crippen LogP contribution in [0.4, 0.5) is 0 Å². The first kappa shape index (κ1) is 34.0. The number of aryl methyl sites for hydroxylation is 2. The van der Waals surface area contributed by atoms with Gasteiger partial charge in [0.25, 0.3) is 0 Å². The molecule has 0 saturated heterocycles. The number of rotatable bonds is 14. The maximum Gasteiger partial charge on any atom is 0.164 e. The maximum absolute atomic E-state index is 12.3. The molecule has 0 aliphatic rings. The fourth-order valence-corrected chi connectivity index (χ4v) is 3.42. The van der Waals surface area contributed by atoms with Gasteiger partial charge in [-0.1, -0.05) is 12.2 Å². The molecule has 0 spiro atoms. The fourth-order valence-electron chi connectivity index (χ4n) is 3.42. The molecule has 0 aliphatic carbocycles. The molecule has 8 nitrogen and oxygen atoms in total. The van der Waals surface area contributed by atoms with Gasteiger partial charge in [0.05, 0.1) is 20.6 Å². The minimum absolute atomic E-state index is 0. The van der Waals surface area contributed by atoms with Crippen LogP contribution in [-0.4, -0.2) is 52.1 Å². The highest BCUT2D eigenvalue weighted by Crippen LogP contribution is 2.33. The van der Waals surface area contributed by atoms with E-state index < -0.39 is 0 Å². The molecule has 2 rings (SSSR count). The minimum atomic E-state index is -0.292. The molecular formula is C27H36Cl2N2O6. The number of allylic oxidation sites excluding steroid dienone is 2. The Bertz CT molecular complexity index is 1020. The second kappa shape index (κ2) is 17.4. The number of carbonyl (C=O) groups is 2. The van der Waals surface area contributed by atoms with E-state index in [1.54, 1.807) is 38.5 Å². The number of ketones is 2. The van der Waals surface area contributed by atoms with Gasteiger partial charge in [-0.15, -0.1) is 0 Å². The van der Waals surface area contributed by atoms with Crippen LogP contribution in [0.5, 0.6) is 23.0 Å². The number of ether oxygens (including phenoxy) is 4. The molecule has 0 aliphatic heterocycles. The van der Waals surface area contributed by atoms with Gasteiger partial charge in [0.2, 0.25) is 0 Å². The second-order valence-corrected chi connectivity index (χ2v) is 7.92. The third kappa shape index (κ3) is 10.5. The van der Waals surface area contributed by atoms with Crippen LogP contribution in [0.25, 0.3) is 12.2 Å². The molecule has 2 aromatic rings. The molecule has 0 aromatic heterocycles. The topological polar surface area (TPSA) is 126 Å². The van der Waals surface area contributed by atoms with Crippen molar-refractivity contribution in [1.82, 2.24) is 0 Å². The quantitative estimate of drug-likeness (QED) is 0.180. The van der Waals surface area contributed by atoms with E-state index in [1.807, 2.05) is 26.0 Å². The standard InChI is InChI=1S/C27H34N2O6.2ClH/c1-18-13-20(15-24(32-3)26(18)34-11-9-28)5-7-22(30)17-23(31)8-6-21-14-19(2)27(35-12-10-29)25(16-21)33-4;;/h5-8,13-16H,9-12,17,28-29H2,1-4H3;2*1H/b7-5+,8-6+;;. The zero-order valence-corrected chi connectivity index (χ0v) is 23.3. The van der Waals surface area contributed by atoms with Crippen LogP contribution in [0.15, 0.2) is 36.4 Å². The highest BCUT2D eigenvalue weighted by atomic mass is 35.5. The number of methoxy groups -OCH3 is 2. The molecule has 37 heavy (non-hydrogen) atoms. The fraction of sp³-hybridized carbons (Fsp3) is 0.333. The summed E-state index contributed by atoms with van der Waals surface area (Å²) in [4.78, 5) is 24.7. The van der Waals surface area contributed by atoms with Crippen molar-refractivity contribution in [3.8, 4) is 23.0 Å². The van der Waals surface area contributed by atoms with Crippen molar-refractivity contribution in [3.63, 3.8) is 0 Å². The first-order valence-corrected chi connectivity index (χ1v) is 11.5. The van der Waals surface area contributed by atoms with E-state index in [0.717, 1.165) is 22.3 Å². The van der Waals surface area contributed by atoms with Gasteiger partial charge in [-0.2, -0.15) is 0 Å². The number of quaternary nitrogens is 2. The van der Waals surface area contributed by atoms with Crippen molar-refractivity contribution in [3.05, 3.63) is 58.7 Å². The van der Waals surface area contributed by atoms with Gasteiger partial charge >= 0.3 is 0 Å². The zero-order chi connectivity index (χ0) is 25.8. The summed E-state index contributed by atoms with van der Waals surface area (Å²) in [5.41, 5.74) is 10.9. The van der Waals surface area contributed by atoms with Crippen molar-refractivity contribution in [1.29, 1.82) is 0 Å². The first-order chi connectivity index (χ1) is 16.8. The van der Waals surface area contributed by atoms with Crippen molar-refractivity contribution in [2.75, 3.05) is 40.5 Å². The van der Waals surface area contributed by atoms with Crippen LogP contribution in [0.2, 0.25) is 0 Å². The molecule has 0 saturated carbocycles. The Labute approximate surface area is 230 Å². The van der Waals surface area contributed by atoms with Gasteiger partial charge in [-0.3, -0.25) is 9.59 Å². The largest absolute Gasteiger partial charge is 1.00 e. The Balaban J connectivity index is 0.00000648. The molecule has 0 bridgehead atoms. The van der Waals surface area contributed by atoms with Crippen LogP contribution in [0, 0.1) is 13.8 Å². The Hall–Kier alpha value is -3.04. The lowest BCUT2D eigenvalue weighted by Crippen LogP contribution is -3.00. The number of hydrogen-bond acceptors (Lipinski definition) is 6. The first-order valence-electron chi connectivity index (χ1n) is 11.5. The van der Waals surface area contributed by atoms with Gasteiger partial charge in [0.1, 0.15) is 26.3 Å². The van der Waals surface area contributed by atoms with Gasteiger partial charge < -0.3 is 55.2 Å². The summed E-state index contributed by atoms with van der Waals surface area (Å²) in [6.45, 7) is 6.08. The second-order valence-electron chi connectivity index (χ2n) is 7.92. The van der Waals surface area contributed by atoms with E-state index in [4.69, 9.17) is 18.9 Å². The van der Waals surface area contributed by atoms with E-state index in [1.165, 1.54) is 12.2 Å². The molecule has 0 radical (unpaired) electrons. The summed E-state index contributed by atoms with van der Waals surface area (Å²) < 4.78 is 22.2. The molecule has 2 aromatic carbocycles. The lowest BCUT2D eigenvalue weighted by atomic mass is 10.1. The van der Waals surface area contributed by atoms with E-state index in [0.29, 0.717) is 49.3 Å². The molecule has 0 fully saturated rings. The molecule has 0 atom stereocenters. The lowest BCUT2D eigenvalue weighted by molar-refractivity contribution is -0.371. The summed E-state index contributed by atoms with van der Waals surface area (Å²) in [7, 11) is 3.13. The smallest absolute Gasteiger partial charge is 0.164 e. The van der Waals surface area contributed by atoms with Crippen LogP contribution in [0.3, 0.4) is 0 Å². The Kier molecular flexibility index (Phi) is 16.0. The van der Waals surface area contributed by atoms with Crippen molar-refractivity contribution >= 4 is 23.7 Å². The number of carbonyl (C=O) groups excluding carboxylic acids is 2. The molecule has 0 unspecified atom stereocenters. The van der Waals surface area contributed by atoms with Gasteiger partial charge in [-0.25, -0.2) is 0 Å². The molecule has 0 amide bonds. The average Bonchev–Trinajstić information content (AvgIpc) is 2.84. The summed E-state index contributed by atoms with van der Waals surface area (Å²) in [5.74, 6) is 1.90. The lowest BCUT2D eigenvalue weighted by Gasteiger charge is -2.13. The highest BCUT2D eigenvalue weighted by Gasteiger charge is 2.12. The molecule has 204 valence electrons.